The second kappa shape index (κ2) is 7.81. The lowest BCUT2D eigenvalue weighted by Crippen LogP contribution is -2.43. The van der Waals surface area contributed by atoms with Crippen molar-refractivity contribution in [3.05, 3.63) is 63.7 Å². The minimum absolute atomic E-state index is 0.00874. The van der Waals surface area contributed by atoms with Gasteiger partial charge in [-0.2, -0.15) is 0 Å². The maximum absolute atomic E-state index is 12.0. The molecule has 0 aromatic heterocycles. The van der Waals surface area contributed by atoms with E-state index in [1.807, 2.05) is 6.07 Å². The van der Waals surface area contributed by atoms with Crippen molar-refractivity contribution in [2.24, 2.45) is 11.7 Å². The fraction of sp³-hybridized carbons (Fsp3) is 0.300. The van der Waals surface area contributed by atoms with Crippen LogP contribution < -0.4 is 11.1 Å². The number of rotatable bonds is 5. The van der Waals surface area contributed by atoms with E-state index in [4.69, 9.17) is 17.3 Å². The molecule has 0 saturated heterocycles. The molecule has 0 bridgehead atoms. The minimum atomic E-state index is -1.05. The predicted octanol–water partition coefficient (Wildman–Crippen LogP) is 3.44. The molecule has 8 nitrogen and oxygen atoms in total. The minimum Gasteiger partial charge on any atom is -0.480 e. The molecule has 4 N–H and O–H groups in total. The lowest BCUT2D eigenvalue weighted by atomic mass is 9.78. The third-order valence-electron chi connectivity index (χ3n) is 5.72. The Kier molecular flexibility index (Phi) is 5.33. The summed E-state index contributed by atoms with van der Waals surface area (Å²) in [5.74, 6) is -2.36. The van der Waals surface area contributed by atoms with Gasteiger partial charge in [0, 0.05) is 17.2 Å². The van der Waals surface area contributed by atoms with Crippen LogP contribution in [0, 0.1) is 16.0 Å². The maximum atomic E-state index is 12.0. The standard InChI is InChI=1S/C20H18ClN3O5S/c21-16-14(30-13-7-2-1-6-12(13)24(28)29)8-11-15(16)9-4-3-5-10(19(22)25)17(9)23-18(11)20(26)27/h1-7,11,14-16,18,23H,8H2,(H2,22,25)(H,26,27)/t11-,14+,15-,16+,18-/m0/s1. The Morgan fingerprint density at radius 3 is 2.63 bits per heavy atom. The number of carboxylic acids is 1. The van der Waals surface area contributed by atoms with Gasteiger partial charge >= 0.3 is 5.97 Å². The third-order valence-corrected chi connectivity index (χ3v) is 7.83. The number of nitro benzene ring substituents is 1. The average molecular weight is 448 g/mol. The number of amides is 1. The van der Waals surface area contributed by atoms with Crippen LogP contribution in [0.15, 0.2) is 47.4 Å². The number of primary amides is 1. The second-order valence-corrected chi connectivity index (χ2v) is 9.13. The van der Waals surface area contributed by atoms with Gasteiger partial charge < -0.3 is 16.2 Å². The third kappa shape index (κ3) is 3.37. The number of nitrogens with zero attached hydrogens (tertiary/aromatic N) is 1. The van der Waals surface area contributed by atoms with E-state index in [0.29, 0.717) is 17.0 Å². The fourth-order valence-corrected chi connectivity index (χ4v) is 6.41. The number of para-hydroxylation sites is 2. The number of aliphatic carboxylic acids is 1. The first-order chi connectivity index (χ1) is 14.3. The first-order valence-electron chi connectivity index (χ1n) is 9.25. The van der Waals surface area contributed by atoms with Gasteiger partial charge in [0.15, 0.2) is 0 Å². The Balaban J connectivity index is 1.73. The molecule has 1 amide bonds. The van der Waals surface area contributed by atoms with Gasteiger partial charge in [0.2, 0.25) is 0 Å². The molecule has 0 spiro atoms. The molecule has 10 heteroatoms. The van der Waals surface area contributed by atoms with Crippen LogP contribution in [0.25, 0.3) is 0 Å². The van der Waals surface area contributed by atoms with E-state index in [2.05, 4.69) is 5.32 Å². The highest BCUT2D eigenvalue weighted by atomic mass is 35.5. The van der Waals surface area contributed by atoms with Crippen molar-refractivity contribution in [2.45, 2.75) is 33.9 Å². The van der Waals surface area contributed by atoms with E-state index in [0.717, 1.165) is 5.56 Å². The molecular formula is C20H18ClN3O5S. The zero-order chi connectivity index (χ0) is 21.6. The number of nitro groups is 1. The lowest BCUT2D eigenvalue weighted by molar-refractivity contribution is -0.387. The van der Waals surface area contributed by atoms with Crippen molar-refractivity contribution in [1.82, 2.24) is 0 Å². The van der Waals surface area contributed by atoms with Gasteiger partial charge in [-0.1, -0.05) is 24.3 Å². The molecular weight excluding hydrogens is 430 g/mol. The average Bonchev–Trinajstić information content (AvgIpc) is 3.03. The van der Waals surface area contributed by atoms with Gasteiger partial charge in [-0.3, -0.25) is 14.9 Å². The number of fused-ring (bicyclic) bond motifs is 3. The van der Waals surface area contributed by atoms with Crippen LogP contribution in [0.4, 0.5) is 11.4 Å². The van der Waals surface area contributed by atoms with E-state index in [1.165, 1.54) is 17.8 Å². The van der Waals surface area contributed by atoms with Crippen molar-refractivity contribution < 1.29 is 19.6 Å². The summed E-state index contributed by atoms with van der Waals surface area (Å²) in [6.07, 6.45) is 0.458. The number of hydrogen-bond acceptors (Lipinski definition) is 6. The van der Waals surface area contributed by atoms with E-state index >= 15 is 0 Å². The Bertz CT molecular complexity index is 1050. The largest absolute Gasteiger partial charge is 0.480 e. The normalized spacial score (nSPS) is 26.9. The summed E-state index contributed by atoms with van der Waals surface area (Å²) < 4.78 is 0. The van der Waals surface area contributed by atoms with Crippen LogP contribution in [0.1, 0.15) is 28.3 Å². The van der Waals surface area contributed by atoms with Crippen molar-refractivity contribution >= 4 is 46.6 Å². The quantitative estimate of drug-likeness (QED) is 0.363. The SMILES string of the molecule is NC(=O)c1cccc2c1N[C@H](C(=O)O)[C@H]1C[C@@H](Sc3ccccc3[N+](=O)[O-])[C@@H](Cl)[C@@H]21. The molecule has 2 aromatic carbocycles. The van der Waals surface area contributed by atoms with Gasteiger partial charge in [-0.25, -0.2) is 4.79 Å². The summed E-state index contributed by atoms with van der Waals surface area (Å²) in [6.45, 7) is 0. The van der Waals surface area contributed by atoms with Crippen LogP contribution in [0.3, 0.4) is 0 Å². The van der Waals surface area contributed by atoms with E-state index in [1.54, 1.807) is 30.3 Å². The van der Waals surface area contributed by atoms with Crippen molar-refractivity contribution in [3.63, 3.8) is 0 Å². The lowest BCUT2D eigenvalue weighted by Gasteiger charge is -2.36. The van der Waals surface area contributed by atoms with Crippen molar-refractivity contribution in [1.29, 1.82) is 0 Å². The predicted molar refractivity (Wildman–Crippen MR) is 113 cm³/mol. The molecule has 1 saturated carbocycles. The first-order valence-corrected chi connectivity index (χ1v) is 10.6. The zero-order valence-electron chi connectivity index (χ0n) is 15.5. The number of thioether (sulfide) groups is 1. The molecule has 0 radical (unpaired) electrons. The molecule has 5 atom stereocenters. The summed E-state index contributed by atoms with van der Waals surface area (Å²) >= 11 is 8.13. The molecule has 30 heavy (non-hydrogen) atoms. The molecule has 1 heterocycles. The number of carbonyl (C=O) groups excluding carboxylic acids is 1. The molecule has 1 fully saturated rings. The first kappa shape index (κ1) is 20.5. The molecule has 156 valence electrons. The maximum Gasteiger partial charge on any atom is 0.326 e. The van der Waals surface area contributed by atoms with Gasteiger partial charge in [-0.05, 0) is 30.0 Å². The Labute approximate surface area is 180 Å². The topological polar surface area (TPSA) is 136 Å². The molecule has 2 aromatic rings. The summed E-state index contributed by atoms with van der Waals surface area (Å²) in [7, 11) is 0. The number of nitrogens with two attached hydrogens (primary N) is 1. The number of nitrogens with one attached hydrogen (secondary N) is 1. The highest BCUT2D eigenvalue weighted by Gasteiger charge is 2.52. The molecule has 1 aliphatic heterocycles. The monoisotopic (exact) mass is 447 g/mol. The molecule has 2 aliphatic rings. The van der Waals surface area contributed by atoms with Gasteiger partial charge in [0.05, 0.1) is 26.4 Å². The number of carboxylic acid groups (broad SMARTS) is 1. The number of alkyl halides is 1. The Hall–Kier alpha value is -2.78. The summed E-state index contributed by atoms with van der Waals surface area (Å²) in [4.78, 5) is 35.3. The van der Waals surface area contributed by atoms with Gasteiger partial charge in [0.25, 0.3) is 11.6 Å². The van der Waals surface area contributed by atoms with Crippen molar-refractivity contribution in [2.75, 3.05) is 5.32 Å². The van der Waals surface area contributed by atoms with Crippen LogP contribution in [0.2, 0.25) is 0 Å². The summed E-state index contributed by atoms with van der Waals surface area (Å²) in [6, 6.07) is 10.5. The molecule has 0 unspecified atom stereocenters. The zero-order valence-corrected chi connectivity index (χ0v) is 17.1. The number of carbonyl (C=O) groups is 2. The van der Waals surface area contributed by atoms with E-state index in [9.17, 15) is 24.8 Å². The van der Waals surface area contributed by atoms with E-state index in [-0.39, 0.29) is 28.3 Å². The number of anilines is 1. The van der Waals surface area contributed by atoms with Gasteiger partial charge in [-0.15, -0.1) is 23.4 Å². The smallest absolute Gasteiger partial charge is 0.326 e. The Morgan fingerprint density at radius 2 is 1.97 bits per heavy atom. The van der Waals surface area contributed by atoms with Crippen LogP contribution >= 0.6 is 23.4 Å². The summed E-state index contributed by atoms with van der Waals surface area (Å²) in [5.41, 5.74) is 6.84. The highest BCUT2D eigenvalue weighted by Crippen LogP contribution is 2.55. The number of halogens is 1. The molecule has 4 rings (SSSR count). The van der Waals surface area contributed by atoms with Crippen molar-refractivity contribution in [3.8, 4) is 0 Å². The Morgan fingerprint density at radius 1 is 1.23 bits per heavy atom. The summed E-state index contributed by atoms with van der Waals surface area (Å²) in [5, 5.41) is 23.4. The van der Waals surface area contributed by atoms with Crippen LogP contribution in [0.5, 0.6) is 0 Å². The number of hydrogen-bond donors (Lipinski definition) is 3. The van der Waals surface area contributed by atoms with Crippen LogP contribution in [-0.2, 0) is 4.79 Å². The van der Waals surface area contributed by atoms with E-state index < -0.39 is 28.2 Å². The van der Waals surface area contributed by atoms with Crippen LogP contribution in [-0.4, -0.2) is 38.6 Å². The van der Waals surface area contributed by atoms with Gasteiger partial charge in [0.1, 0.15) is 6.04 Å². The molecule has 1 aliphatic carbocycles. The number of benzene rings is 2. The highest BCUT2D eigenvalue weighted by molar-refractivity contribution is 8.00. The second-order valence-electron chi connectivity index (χ2n) is 7.35. The fourth-order valence-electron chi connectivity index (χ4n) is 4.46.